The number of rotatable bonds is 5. The summed E-state index contributed by atoms with van der Waals surface area (Å²) >= 11 is 6.44. The zero-order valence-corrected chi connectivity index (χ0v) is 18.6. The van der Waals surface area contributed by atoms with Gasteiger partial charge in [-0.2, -0.15) is 0 Å². The quantitative estimate of drug-likeness (QED) is 0.627. The van der Waals surface area contributed by atoms with E-state index in [9.17, 15) is 18.0 Å². The van der Waals surface area contributed by atoms with Crippen molar-refractivity contribution in [2.24, 2.45) is 0 Å². The van der Waals surface area contributed by atoms with E-state index in [1.807, 2.05) is 6.92 Å². The van der Waals surface area contributed by atoms with Crippen molar-refractivity contribution in [3.05, 3.63) is 57.9 Å². The lowest BCUT2D eigenvalue weighted by molar-refractivity contribution is 0.0934. The minimum absolute atomic E-state index is 0.0823. The Morgan fingerprint density at radius 2 is 2.03 bits per heavy atom. The Balaban J connectivity index is 1.62. The third-order valence-corrected chi connectivity index (χ3v) is 7.55. The maximum Gasteiger partial charge on any atom is 0.276 e. The van der Waals surface area contributed by atoms with Crippen LogP contribution in [0.2, 0.25) is 5.02 Å². The Morgan fingerprint density at radius 3 is 2.71 bits per heavy atom. The summed E-state index contributed by atoms with van der Waals surface area (Å²) in [5.74, 6) is -0.164. The predicted molar refractivity (Wildman–Crippen MR) is 119 cm³/mol. The highest BCUT2D eigenvalue weighted by Gasteiger charge is 2.25. The second-order valence-electron chi connectivity index (χ2n) is 7.76. The summed E-state index contributed by atoms with van der Waals surface area (Å²) in [4.78, 5) is 29.4. The number of benzene rings is 1. The fourth-order valence-electron chi connectivity index (χ4n) is 3.84. The van der Waals surface area contributed by atoms with E-state index in [0.29, 0.717) is 30.5 Å². The van der Waals surface area contributed by atoms with E-state index in [4.69, 9.17) is 11.6 Å². The highest BCUT2D eigenvalue weighted by atomic mass is 35.5. The lowest BCUT2D eigenvalue weighted by Gasteiger charge is -2.23. The predicted octanol–water partition coefficient (Wildman–Crippen LogP) is 2.53. The second kappa shape index (κ2) is 8.47. The highest BCUT2D eigenvalue weighted by molar-refractivity contribution is 7.91. The van der Waals surface area contributed by atoms with Crippen molar-refractivity contribution in [2.75, 3.05) is 11.5 Å². The molecule has 8 nitrogen and oxygen atoms in total. The van der Waals surface area contributed by atoms with Gasteiger partial charge in [-0.3, -0.25) is 14.0 Å². The van der Waals surface area contributed by atoms with Crippen LogP contribution in [0.3, 0.4) is 0 Å². The summed E-state index contributed by atoms with van der Waals surface area (Å²) in [5.41, 5.74) is 2.17. The van der Waals surface area contributed by atoms with Crippen molar-refractivity contribution in [2.45, 2.75) is 38.8 Å². The summed E-state index contributed by atoms with van der Waals surface area (Å²) in [6, 6.07) is 4.93. The van der Waals surface area contributed by atoms with Crippen molar-refractivity contribution in [1.29, 1.82) is 0 Å². The van der Waals surface area contributed by atoms with Gasteiger partial charge in [0, 0.05) is 24.3 Å². The monoisotopic (exact) mass is 462 g/mol. The van der Waals surface area contributed by atoms with Gasteiger partial charge < -0.3 is 9.88 Å². The van der Waals surface area contributed by atoms with Crippen LogP contribution < -0.4 is 10.9 Å². The number of aryl methyl sites for hydroxylation is 1. The number of fused-ring (bicyclic) bond motifs is 1. The Morgan fingerprint density at radius 1 is 1.29 bits per heavy atom. The molecule has 0 radical (unpaired) electrons. The average molecular weight is 463 g/mol. The first kappa shape index (κ1) is 21.6. The van der Waals surface area contributed by atoms with Crippen LogP contribution in [0.25, 0.3) is 16.8 Å². The van der Waals surface area contributed by atoms with Crippen molar-refractivity contribution in [3.63, 3.8) is 0 Å². The second-order valence-corrected chi connectivity index (χ2v) is 10.5. The van der Waals surface area contributed by atoms with Gasteiger partial charge >= 0.3 is 0 Å². The number of hydrogen-bond acceptors (Lipinski definition) is 5. The third-order valence-electron chi connectivity index (χ3n) is 5.52. The molecular formula is C21H23ClN4O4S. The summed E-state index contributed by atoms with van der Waals surface area (Å²) in [6.07, 6.45) is 6.50. The first-order valence-corrected chi connectivity index (χ1v) is 12.4. The van der Waals surface area contributed by atoms with Gasteiger partial charge in [-0.1, -0.05) is 24.6 Å². The molecule has 0 bridgehead atoms. The van der Waals surface area contributed by atoms with Gasteiger partial charge in [0.05, 0.1) is 40.3 Å². The van der Waals surface area contributed by atoms with Crippen molar-refractivity contribution < 1.29 is 13.2 Å². The van der Waals surface area contributed by atoms with Gasteiger partial charge in [-0.25, -0.2) is 13.4 Å². The fraction of sp³-hybridized carbons (Fsp3) is 0.381. The molecule has 3 aromatic rings. The maximum atomic E-state index is 12.7. The molecule has 31 heavy (non-hydrogen) atoms. The molecule has 0 aliphatic carbocycles. The van der Waals surface area contributed by atoms with Gasteiger partial charge in [0.1, 0.15) is 15.4 Å². The Kier molecular flexibility index (Phi) is 5.90. The van der Waals surface area contributed by atoms with Crippen LogP contribution in [0.5, 0.6) is 0 Å². The first-order valence-electron chi connectivity index (χ1n) is 10.2. The lowest BCUT2D eigenvalue weighted by Crippen LogP contribution is -2.40. The molecule has 0 spiro atoms. The number of imidazole rings is 1. The van der Waals surface area contributed by atoms with E-state index in [0.717, 1.165) is 17.7 Å². The van der Waals surface area contributed by atoms with Crippen LogP contribution in [-0.4, -0.2) is 45.8 Å². The summed E-state index contributed by atoms with van der Waals surface area (Å²) in [5, 5.41) is 3.16. The third kappa shape index (κ3) is 4.38. The smallest absolute Gasteiger partial charge is 0.276 e. The molecule has 10 heteroatoms. The van der Waals surface area contributed by atoms with E-state index in [1.54, 1.807) is 39.7 Å². The zero-order chi connectivity index (χ0) is 22.2. The van der Waals surface area contributed by atoms with Crippen LogP contribution in [0.4, 0.5) is 0 Å². The fourth-order valence-corrected chi connectivity index (χ4v) is 5.60. The molecule has 4 rings (SSSR count). The molecule has 1 aromatic carbocycles. The Hall–Kier alpha value is -2.65. The molecule has 1 fully saturated rings. The molecule has 1 N–H and O–H groups in total. The van der Waals surface area contributed by atoms with Gasteiger partial charge in [-0.15, -0.1) is 0 Å². The van der Waals surface area contributed by atoms with Crippen LogP contribution in [0.15, 0.2) is 41.7 Å². The zero-order valence-electron chi connectivity index (χ0n) is 17.0. The first-order chi connectivity index (χ1) is 14.8. The number of hydrogen-bond donors (Lipinski definition) is 1. The van der Waals surface area contributed by atoms with Gasteiger partial charge in [0.25, 0.3) is 11.5 Å². The van der Waals surface area contributed by atoms with Crippen LogP contribution >= 0.6 is 11.6 Å². The van der Waals surface area contributed by atoms with Crippen molar-refractivity contribution in [1.82, 2.24) is 19.3 Å². The minimum Gasteiger partial charge on any atom is -0.349 e. The van der Waals surface area contributed by atoms with Crippen LogP contribution in [-0.2, 0) is 16.4 Å². The van der Waals surface area contributed by atoms with Crippen LogP contribution in [0.1, 0.15) is 36.5 Å². The van der Waals surface area contributed by atoms with Crippen LogP contribution in [0, 0.1) is 0 Å². The number of aromatic nitrogens is 3. The number of sulfone groups is 1. The Bertz CT molecular complexity index is 1300. The van der Waals surface area contributed by atoms with Crippen molar-refractivity contribution >= 4 is 32.9 Å². The topological polar surface area (TPSA) is 103 Å². The molecule has 2 aromatic heterocycles. The maximum absolute atomic E-state index is 12.7. The normalized spacial score (nSPS) is 16.5. The molecule has 3 heterocycles. The molecule has 0 atom stereocenters. The van der Waals surface area contributed by atoms with E-state index >= 15 is 0 Å². The number of amides is 1. The number of nitrogens with zero attached hydrogens (tertiary/aromatic N) is 3. The number of carbonyl (C=O) groups is 1. The van der Waals surface area contributed by atoms with E-state index in [2.05, 4.69) is 10.3 Å². The number of nitrogens with one attached hydrogen (secondary N) is 1. The Labute approximate surface area is 184 Å². The SMILES string of the molecule is CCCn1cc(-c2ccc(C(=O)NC3CCS(=O)(=O)CC3)c(Cl)c2)n2cncc2c1=O. The van der Waals surface area contributed by atoms with E-state index < -0.39 is 9.84 Å². The highest BCUT2D eigenvalue weighted by Crippen LogP contribution is 2.26. The molecule has 1 amide bonds. The molecule has 0 saturated carbocycles. The van der Waals surface area contributed by atoms with Gasteiger partial charge in [-0.05, 0) is 31.4 Å². The van der Waals surface area contributed by atoms with Crippen molar-refractivity contribution in [3.8, 4) is 11.3 Å². The largest absolute Gasteiger partial charge is 0.349 e. The van der Waals surface area contributed by atoms with E-state index in [1.165, 1.54) is 6.20 Å². The summed E-state index contributed by atoms with van der Waals surface area (Å²) in [6.45, 7) is 2.58. The molecule has 1 aliphatic heterocycles. The average Bonchev–Trinajstić information content (AvgIpc) is 3.22. The standard InChI is InChI=1S/C21H23ClN4O4S/c1-2-7-25-12-19(26-13-23-11-18(26)21(25)28)14-3-4-16(17(22)10-14)20(27)24-15-5-8-31(29,30)9-6-15/h3-4,10-13,15H,2,5-9H2,1H3,(H,24,27). The molecular weight excluding hydrogens is 440 g/mol. The number of carbonyl (C=O) groups excluding carboxylic acids is 1. The van der Waals surface area contributed by atoms with E-state index in [-0.39, 0.29) is 34.0 Å². The summed E-state index contributed by atoms with van der Waals surface area (Å²) < 4.78 is 26.5. The van der Waals surface area contributed by atoms with Gasteiger partial charge in [0.2, 0.25) is 0 Å². The molecule has 164 valence electrons. The molecule has 1 aliphatic rings. The number of halogens is 1. The molecule has 1 saturated heterocycles. The lowest BCUT2D eigenvalue weighted by atomic mass is 10.1. The van der Waals surface area contributed by atoms with Gasteiger partial charge in [0.15, 0.2) is 0 Å². The summed E-state index contributed by atoms with van der Waals surface area (Å²) in [7, 11) is -2.99. The molecule has 0 unspecified atom stereocenters. The minimum atomic E-state index is -2.99.